The second-order valence-corrected chi connectivity index (χ2v) is 4.20. The average Bonchev–Trinajstić information content (AvgIpc) is 2.37. The molecule has 0 spiro atoms. The summed E-state index contributed by atoms with van der Waals surface area (Å²) in [5.41, 5.74) is 0.274. The van der Waals surface area contributed by atoms with Gasteiger partial charge in [0.15, 0.2) is 0 Å². The van der Waals surface area contributed by atoms with Crippen molar-refractivity contribution in [3.8, 4) is 0 Å². The highest BCUT2D eigenvalue weighted by Gasteiger charge is 2.09. The molecule has 21 heavy (non-hydrogen) atoms. The molecule has 0 saturated carbocycles. The Morgan fingerprint density at radius 2 is 1.62 bits per heavy atom. The van der Waals surface area contributed by atoms with Gasteiger partial charge in [-0.2, -0.15) is 0 Å². The Hall–Kier alpha value is -2.54. The fraction of sp³-hybridized carbons (Fsp3) is 0.0714. The number of aliphatic hydroxyl groups excluding tert-OH is 1. The van der Waals surface area contributed by atoms with Gasteiger partial charge in [0.25, 0.3) is 0 Å². The van der Waals surface area contributed by atoms with Crippen molar-refractivity contribution in [2.45, 2.75) is 6.61 Å². The van der Waals surface area contributed by atoms with E-state index in [9.17, 15) is 18.0 Å². The Kier molecular flexibility index (Phi) is 4.44. The third-order valence-electron chi connectivity index (χ3n) is 2.61. The number of nitrogens with one attached hydrogen (secondary N) is 2. The van der Waals surface area contributed by atoms with E-state index in [0.29, 0.717) is 11.6 Å². The predicted octanol–water partition coefficient (Wildman–Crippen LogP) is 3.24. The van der Waals surface area contributed by atoms with E-state index in [-0.39, 0.29) is 11.4 Å². The van der Waals surface area contributed by atoms with Crippen molar-refractivity contribution in [1.82, 2.24) is 0 Å². The summed E-state index contributed by atoms with van der Waals surface area (Å²) >= 11 is 0. The molecule has 0 bridgehead atoms. The van der Waals surface area contributed by atoms with E-state index in [4.69, 9.17) is 5.11 Å². The van der Waals surface area contributed by atoms with Crippen molar-refractivity contribution >= 4 is 17.4 Å². The number of carbonyl (C=O) groups is 1. The summed E-state index contributed by atoms with van der Waals surface area (Å²) in [6, 6.07) is 5.18. The summed E-state index contributed by atoms with van der Waals surface area (Å²) in [4.78, 5) is 11.7. The van der Waals surface area contributed by atoms with Crippen molar-refractivity contribution in [2.24, 2.45) is 0 Å². The first-order chi connectivity index (χ1) is 9.97. The number of rotatable bonds is 3. The summed E-state index contributed by atoms with van der Waals surface area (Å²) in [6.45, 7) is -0.398. The molecule has 2 aromatic carbocycles. The van der Waals surface area contributed by atoms with E-state index in [0.717, 1.165) is 24.3 Å². The Morgan fingerprint density at radius 3 is 2.24 bits per heavy atom. The summed E-state index contributed by atoms with van der Waals surface area (Å²) in [5, 5.41) is 13.6. The van der Waals surface area contributed by atoms with Gasteiger partial charge < -0.3 is 15.7 Å². The maximum absolute atomic E-state index is 13.1. The molecule has 0 aliphatic rings. The van der Waals surface area contributed by atoms with E-state index < -0.39 is 30.1 Å². The first-order valence-corrected chi connectivity index (χ1v) is 5.91. The minimum atomic E-state index is -0.841. The largest absolute Gasteiger partial charge is 0.392 e. The molecule has 110 valence electrons. The molecule has 0 aromatic heterocycles. The fourth-order valence-electron chi connectivity index (χ4n) is 1.71. The van der Waals surface area contributed by atoms with Crippen LogP contribution in [0.1, 0.15) is 5.56 Å². The number of halogens is 3. The molecular weight excluding hydrogens is 285 g/mol. The monoisotopic (exact) mass is 296 g/mol. The number of carbonyl (C=O) groups excluding carboxylic acids is 1. The van der Waals surface area contributed by atoms with Crippen molar-refractivity contribution in [1.29, 1.82) is 0 Å². The minimum absolute atomic E-state index is 0.0619. The number of amides is 2. The molecule has 3 N–H and O–H groups in total. The topological polar surface area (TPSA) is 61.4 Å². The lowest BCUT2D eigenvalue weighted by molar-refractivity contribution is 0.262. The molecule has 0 fully saturated rings. The molecule has 0 aliphatic carbocycles. The molecule has 0 atom stereocenters. The van der Waals surface area contributed by atoms with Crippen LogP contribution in [0.4, 0.5) is 29.3 Å². The van der Waals surface area contributed by atoms with E-state index in [1.807, 2.05) is 0 Å². The number of hydrogen-bond acceptors (Lipinski definition) is 2. The van der Waals surface area contributed by atoms with Crippen LogP contribution >= 0.6 is 0 Å². The average molecular weight is 296 g/mol. The predicted molar refractivity (Wildman–Crippen MR) is 71.3 cm³/mol. The summed E-state index contributed by atoms with van der Waals surface area (Å²) in [7, 11) is 0. The molecule has 0 radical (unpaired) electrons. The quantitative estimate of drug-likeness (QED) is 0.814. The maximum Gasteiger partial charge on any atom is 0.323 e. The number of aliphatic hydroxyl groups is 1. The summed E-state index contributed by atoms with van der Waals surface area (Å²) in [6.07, 6.45) is 0. The van der Waals surface area contributed by atoms with Gasteiger partial charge in [0.05, 0.1) is 12.3 Å². The highest BCUT2D eigenvalue weighted by Crippen LogP contribution is 2.18. The Morgan fingerprint density at radius 1 is 0.952 bits per heavy atom. The van der Waals surface area contributed by atoms with Gasteiger partial charge >= 0.3 is 6.03 Å². The van der Waals surface area contributed by atoms with Gasteiger partial charge in [0, 0.05) is 17.3 Å². The standard InChI is InChI=1S/C14H11F3N2O2/c15-9-2-1-8(7-20)13(6-9)19-14(21)18-12-4-10(16)3-11(17)5-12/h1-6,20H,7H2,(H2,18,19,21). The highest BCUT2D eigenvalue weighted by atomic mass is 19.1. The molecule has 4 nitrogen and oxygen atoms in total. The highest BCUT2D eigenvalue weighted by molar-refractivity contribution is 6.00. The minimum Gasteiger partial charge on any atom is -0.392 e. The van der Waals surface area contributed by atoms with Gasteiger partial charge in [-0.15, -0.1) is 0 Å². The van der Waals surface area contributed by atoms with Gasteiger partial charge in [-0.05, 0) is 24.3 Å². The van der Waals surface area contributed by atoms with Crippen LogP contribution in [-0.4, -0.2) is 11.1 Å². The van der Waals surface area contributed by atoms with Crippen molar-refractivity contribution < 1.29 is 23.1 Å². The van der Waals surface area contributed by atoms with Crippen LogP contribution in [0.25, 0.3) is 0 Å². The third kappa shape index (κ3) is 3.96. The van der Waals surface area contributed by atoms with Crippen LogP contribution in [0.3, 0.4) is 0 Å². The molecule has 0 aliphatic heterocycles. The van der Waals surface area contributed by atoms with Gasteiger partial charge in [-0.1, -0.05) is 6.07 Å². The van der Waals surface area contributed by atoms with E-state index >= 15 is 0 Å². The number of anilines is 2. The van der Waals surface area contributed by atoms with Crippen LogP contribution in [-0.2, 0) is 6.61 Å². The van der Waals surface area contributed by atoms with Crippen LogP contribution in [0.15, 0.2) is 36.4 Å². The second kappa shape index (κ2) is 6.27. The summed E-state index contributed by atoms with van der Waals surface area (Å²) in [5.74, 6) is -2.28. The zero-order chi connectivity index (χ0) is 15.4. The lowest BCUT2D eigenvalue weighted by Crippen LogP contribution is -2.20. The molecule has 2 aromatic rings. The molecule has 0 saturated heterocycles. The van der Waals surface area contributed by atoms with E-state index in [2.05, 4.69) is 10.6 Å². The Balaban J connectivity index is 2.13. The first kappa shape index (κ1) is 14.9. The molecule has 7 heteroatoms. The fourth-order valence-corrected chi connectivity index (χ4v) is 1.71. The SMILES string of the molecule is O=C(Nc1cc(F)cc(F)c1)Nc1cc(F)ccc1CO. The van der Waals surface area contributed by atoms with Crippen molar-refractivity contribution in [3.63, 3.8) is 0 Å². The second-order valence-electron chi connectivity index (χ2n) is 4.20. The van der Waals surface area contributed by atoms with Crippen LogP contribution in [0.2, 0.25) is 0 Å². The van der Waals surface area contributed by atoms with E-state index in [1.54, 1.807) is 0 Å². The van der Waals surface area contributed by atoms with E-state index in [1.165, 1.54) is 6.07 Å². The van der Waals surface area contributed by atoms with Crippen molar-refractivity contribution in [3.05, 3.63) is 59.4 Å². The van der Waals surface area contributed by atoms with Gasteiger partial charge in [-0.25, -0.2) is 18.0 Å². The Labute approximate surface area is 118 Å². The summed E-state index contributed by atoms with van der Waals surface area (Å²) < 4.78 is 39.1. The molecule has 2 rings (SSSR count). The van der Waals surface area contributed by atoms with Gasteiger partial charge in [-0.3, -0.25) is 0 Å². The number of urea groups is 1. The smallest absolute Gasteiger partial charge is 0.323 e. The molecular formula is C14H11F3N2O2. The molecule has 0 heterocycles. The number of hydrogen-bond donors (Lipinski definition) is 3. The van der Waals surface area contributed by atoms with Gasteiger partial charge in [0.2, 0.25) is 0 Å². The third-order valence-corrected chi connectivity index (χ3v) is 2.61. The van der Waals surface area contributed by atoms with Gasteiger partial charge in [0.1, 0.15) is 17.5 Å². The zero-order valence-corrected chi connectivity index (χ0v) is 10.7. The van der Waals surface area contributed by atoms with Crippen molar-refractivity contribution in [2.75, 3.05) is 10.6 Å². The van der Waals surface area contributed by atoms with Crippen LogP contribution < -0.4 is 10.6 Å². The van der Waals surface area contributed by atoms with Crippen LogP contribution in [0.5, 0.6) is 0 Å². The zero-order valence-electron chi connectivity index (χ0n) is 10.7. The Bertz CT molecular complexity index is 657. The first-order valence-electron chi connectivity index (χ1n) is 5.91. The lowest BCUT2D eigenvalue weighted by Gasteiger charge is -2.11. The van der Waals surface area contributed by atoms with Crippen LogP contribution in [0, 0.1) is 17.5 Å². The number of benzene rings is 2. The normalized spacial score (nSPS) is 10.3. The lowest BCUT2D eigenvalue weighted by atomic mass is 10.2. The molecule has 2 amide bonds. The maximum atomic E-state index is 13.1. The molecule has 0 unspecified atom stereocenters.